The van der Waals surface area contributed by atoms with E-state index in [1.165, 1.54) is 17.7 Å². The molecule has 0 aliphatic carbocycles. The van der Waals surface area contributed by atoms with Crippen molar-refractivity contribution >= 4 is 21.6 Å². The maximum absolute atomic E-state index is 13.2. The summed E-state index contributed by atoms with van der Waals surface area (Å²) in [6.45, 7) is 2.47. The van der Waals surface area contributed by atoms with Crippen molar-refractivity contribution in [1.82, 2.24) is 0 Å². The number of rotatable bonds is 4. The van der Waals surface area contributed by atoms with Gasteiger partial charge >= 0.3 is 0 Å². The maximum Gasteiger partial charge on any atom is 0.125 e. The molecule has 0 saturated carbocycles. The van der Waals surface area contributed by atoms with Gasteiger partial charge in [0.25, 0.3) is 0 Å². The number of nitrogens with two attached hydrogens (primary N) is 1. The van der Waals surface area contributed by atoms with Gasteiger partial charge in [-0.25, -0.2) is 4.39 Å². The Morgan fingerprint density at radius 2 is 2.05 bits per heavy atom. The predicted molar refractivity (Wildman–Crippen MR) is 80.7 cm³/mol. The van der Waals surface area contributed by atoms with Crippen LogP contribution in [0, 0.1) is 12.7 Å². The first kappa shape index (κ1) is 14.0. The van der Waals surface area contributed by atoms with E-state index in [1.807, 2.05) is 31.2 Å². The minimum Gasteiger partial charge on any atom is -0.377 e. The van der Waals surface area contributed by atoms with E-state index in [0.717, 1.165) is 15.7 Å². The molecule has 2 aromatic rings. The highest BCUT2D eigenvalue weighted by Gasteiger charge is 2.10. The fourth-order valence-electron chi connectivity index (χ4n) is 1.88. The molecule has 4 heteroatoms. The van der Waals surface area contributed by atoms with E-state index >= 15 is 0 Å². The summed E-state index contributed by atoms with van der Waals surface area (Å²) in [5.74, 6) is -0.258. The summed E-state index contributed by atoms with van der Waals surface area (Å²) >= 11 is 3.51. The van der Waals surface area contributed by atoms with Crippen LogP contribution in [-0.2, 0) is 0 Å². The summed E-state index contributed by atoms with van der Waals surface area (Å²) < 4.78 is 14.2. The van der Waals surface area contributed by atoms with Gasteiger partial charge in [0.1, 0.15) is 5.82 Å². The Hall–Kier alpha value is -1.39. The lowest BCUT2D eigenvalue weighted by Crippen LogP contribution is -2.20. The molecule has 0 aliphatic rings. The lowest BCUT2D eigenvalue weighted by molar-refractivity contribution is 0.627. The number of hydrogen-bond acceptors (Lipinski definition) is 2. The molecule has 0 amide bonds. The second-order valence-corrected chi connectivity index (χ2v) is 5.31. The standard InChI is InChI=1S/C15H16BrFN2/c1-10-5-6-11(7-14(10)16)15(9-18)19-13-4-2-3-12(17)8-13/h2-8,15,19H,9,18H2,1H3. The first-order valence-electron chi connectivity index (χ1n) is 6.08. The Labute approximate surface area is 121 Å². The molecular formula is C15H16BrFN2. The number of hydrogen-bond donors (Lipinski definition) is 2. The van der Waals surface area contributed by atoms with E-state index in [9.17, 15) is 4.39 Å². The van der Waals surface area contributed by atoms with Crippen LogP contribution < -0.4 is 11.1 Å². The largest absolute Gasteiger partial charge is 0.377 e. The lowest BCUT2D eigenvalue weighted by atomic mass is 10.0. The highest BCUT2D eigenvalue weighted by molar-refractivity contribution is 9.10. The topological polar surface area (TPSA) is 38.0 Å². The van der Waals surface area contributed by atoms with Gasteiger partial charge in [0, 0.05) is 16.7 Å². The molecule has 0 spiro atoms. The van der Waals surface area contributed by atoms with Crippen molar-refractivity contribution < 1.29 is 4.39 Å². The Morgan fingerprint density at radius 3 is 2.68 bits per heavy atom. The highest BCUT2D eigenvalue weighted by atomic mass is 79.9. The molecule has 3 N–H and O–H groups in total. The molecule has 0 saturated heterocycles. The van der Waals surface area contributed by atoms with Crippen LogP contribution in [0.3, 0.4) is 0 Å². The van der Waals surface area contributed by atoms with Gasteiger partial charge in [0.05, 0.1) is 6.04 Å². The van der Waals surface area contributed by atoms with E-state index in [1.54, 1.807) is 6.07 Å². The average Bonchev–Trinajstić information content (AvgIpc) is 2.39. The second kappa shape index (κ2) is 6.17. The molecule has 19 heavy (non-hydrogen) atoms. The monoisotopic (exact) mass is 322 g/mol. The minimum atomic E-state index is -0.258. The summed E-state index contributed by atoms with van der Waals surface area (Å²) in [5.41, 5.74) is 8.78. The van der Waals surface area contributed by atoms with Crippen molar-refractivity contribution in [3.8, 4) is 0 Å². The average molecular weight is 323 g/mol. The normalized spacial score (nSPS) is 12.2. The molecule has 0 heterocycles. The van der Waals surface area contributed by atoms with Gasteiger partial charge < -0.3 is 11.1 Å². The second-order valence-electron chi connectivity index (χ2n) is 4.45. The van der Waals surface area contributed by atoms with Crippen LogP contribution >= 0.6 is 15.9 Å². The Kier molecular flexibility index (Phi) is 4.56. The molecule has 0 radical (unpaired) electrons. The van der Waals surface area contributed by atoms with E-state index in [0.29, 0.717) is 6.54 Å². The smallest absolute Gasteiger partial charge is 0.125 e. The van der Waals surface area contributed by atoms with Crippen molar-refractivity contribution in [1.29, 1.82) is 0 Å². The molecule has 2 rings (SSSR count). The van der Waals surface area contributed by atoms with Crippen LogP contribution in [0.25, 0.3) is 0 Å². The van der Waals surface area contributed by atoms with E-state index < -0.39 is 0 Å². The number of nitrogens with one attached hydrogen (secondary N) is 1. The fraction of sp³-hybridized carbons (Fsp3) is 0.200. The first-order chi connectivity index (χ1) is 9.10. The third-order valence-corrected chi connectivity index (χ3v) is 3.85. The Bertz CT molecular complexity index is 572. The zero-order valence-corrected chi connectivity index (χ0v) is 12.2. The van der Waals surface area contributed by atoms with Crippen molar-refractivity contribution in [3.63, 3.8) is 0 Å². The van der Waals surface area contributed by atoms with E-state index in [2.05, 4.69) is 21.2 Å². The van der Waals surface area contributed by atoms with Crippen molar-refractivity contribution in [2.45, 2.75) is 13.0 Å². The quantitative estimate of drug-likeness (QED) is 0.892. The van der Waals surface area contributed by atoms with E-state index in [4.69, 9.17) is 5.73 Å². The molecule has 0 bridgehead atoms. The van der Waals surface area contributed by atoms with Crippen LogP contribution in [0.2, 0.25) is 0 Å². The zero-order chi connectivity index (χ0) is 13.8. The molecule has 0 aliphatic heterocycles. The third kappa shape index (κ3) is 3.55. The van der Waals surface area contributed by atoms with Gasteiger partial charge in [-0.2, -0.15) is 0 Å². The van der Waals surface area contributed by atoms with Crippen LogP contribution in [0.15, 0.2) is 46.9 Å². The molecule has 0 fully saturated rings. The first-order valence-corrected chi connectivity index (χ1v) is 6.87. The molecule has 0 aromatic heterocycles. The highest BCUT2D eigenvalue weighted by Crippen LogP contribution is 2.24. The molecule has 2 nitrogen and oxygen atoms in total. The fourth-order valence-corrected chi connectivity index (χ4v) is 2.28. The van der Waals surface area contributed by atoms with Gasteiger partial charge in [-0.1, -0.05) is 34.1 Å². The Balaban J connectivity index is 2.22. The van der Waals surface area contributed by atoms with Gasteiger partial charge in [0.15, 0.2) is 0 Å². The Morgan fingerprint density at radius 1 is 1.26 bits per heavy atom. The van der Waals surface area contributed by atoms with Crippen LogP contribution in [-0.4, -0.2) is 6.54 Å². The number of anilines is 1. The SMILES string of the molecule is Cc1ccc(C(CN)Nc2cccc(F)c2)cc1Br. The van der Waals surface area contributed by atoms with Gasteiger partial charge in [0.2, 0.25) is 0 Å². The summed E-state index contributed by atoms with van der Waals surface area (Å²) in [4.78, 5) is 0. The maximum atomic E-state index is 13.2. The van der Waals surface area contributed by atoms with Gasteiger partial charge in [-0.15, -0.1) is 0 Å². The molecule has 2 aromatic carbocycles. The van der Waals surface area contributed by atoms with Gasteiger partial charge in [-0.3, -0.25) is 0 Å². The van der Waals surface area contributed by atoms with E-state index in [-0.39, 0.29) is 11.9 Å². The number of halogens is 2. The summed E-state index contributed by atoms with van der Waals surface area (Å²) in [5, 5.41) is 3.25. The van der Waals surface area contributed by atoms with Crippen molar-refractivity contribution in [2.75, 3.05) is 11.9 Å². The number of benzene rings is 2. The summed E-state index contributed by atoms with van der Waals surface area (Å²) in [6, 6.07) is 12.5. The predicted octanol–water partition coefficient (Wildman–Crippen LogP) is 4.01. The van der Waals surface area contributed by atoms with Crippen molar-refractivity contribution in [2.24, 2.45) is 5.73 Å². The molecule has 1 atom stereocenters. The van der Waals surface area contributed by atoms with Gasteiger partial charge in [-0.05, 0) is 42.3 Å². The third-order valence-electron chi connectivity index (χ3n) is 3.00. The molecular weight excluding hydrogens is 307 g/mol. The van der Waals surface area contributed by atoms with Crippen LogP contribution in [0.4, 0.5) is 10.1 Å². The molecule has 100 valence electrons. The van der Waals surface area contributed by atoms with Crippen molar-refractivity contribution in [3.05, 3.63) is 63.9 Å². The van der Waals surface area contributed by atoms with Crippen LogP contribution in [0.1, 0.15) is 17.2 Å². The number of aryl methyl sites for hydroxylation is 1. The summed E-state index contributed by atoms with van der Waals surface area (Å²) in [7, 11) is 0. The molecule has 1 unspecified atom stereocenters. The summed E-state index contributed by atoms with van der Waals surface area (Å²) in [6.07, 6.45) is 0. The lowest BCUT2D eigenvalue weighted by Gasteiger charge is -2.19. The zero-order valence-electron chi connectivity index (χ0n) is 10.7. The minimum absolute atomic E-state index is 0.0429. The van der Waals surface area contributed by atoms with Crippen LogP contribution in [0.5, 0.6) is 0 Å².